The Labute approximate surface area is 187 Å². The van der Waals surface area contributed by atoms with E-state index in [4.69, 9.17) is 0 Å². The van der Waals surface area contributed by atoms with Gasteiger partial charge in [-0.2, -0.15) is 4.31 Å². The maximum atomic E-state index is 13.0. The third kappa shape index (κ3) is 5.13. The molecule has 4 rings (SSSR count). The van der Waals surface area contributed by atoms with Gasteiger partial charge >= 0.3 is 0 Å². The van der Waals surface area contributed by atoms with Gasteiger partial charge in [-0.05, 0) is 61.1 Å². The Kier molecular flexibility index (Phi) is 6.60. The van der Waals surface area contributed by atoms with E-state index in [2.05, 4.69) is 15.9 Å². The molecule has 1 heterocycles. The molecule has 0 atom stereocenters. The van der Waals surface area contributed by atoms with Crippen molar-refractivity contribution in [2.75, 3.05) is 13.1 Å². The maximum absolute atomic E-state index is 13.0. The molecule has 2 fully saturated rings. The first-order valence-corrected chi connectivity index (χ1v) is 12.8. The fourth-order valence-corrected chi connectivity index (χ4v) is 5.91. The van der Waals surface area contributed by atoms with Crippen LogP contribution in [-0.4, -0.2) is 42.7 Å². The van der Waals surface area contributed by atoms with E-state index >= 15 is 0 Å². The number of carbonyl (C=O) groups is 1. The first-order chi connectivity index (χ1) is 14.4. The lowest BCUT2D eigenvalue weighted by Gasteiger charge is -2.26. The largest absolute Gasteiger partial charge is 0.335 e. The second-order valence-corrected chi connectivity index (χ2v) is 11.0. The highest BCUT2D eigenvalue weighted by molar-refractivity contribution is 9.10. The van der Waals surface area contributed by atoms with E-state index < -0.39 is 10.0 Å². The highest BCUT2D eigenvalue weighted by Crippen LogP contribution is 2.30. The molecule has 5 nitrogen and oxygen atoms in total. The highest BCUT2D eigenvalue weighted by Gasteiger charge is 2.32. The smallest absolute Gasteiger partial charge is 0.243 e. The summed E-state index contributed by atoms with van der Waals surface area (Å²) in [5.41, 5.74) is 1.95. The number of rotatable bonds is 7. The number of hydrogen-bond donors (Lipinski definition) is 0. The van der Waals surface area contributed by atoms with E-state index in [9.17, 15) is 13.2 Å². The summed E-state index contributed by atoms with van der Waals surface area (Å²) in [6, 6.07) is 15.2. The normalized spacial score (nSPS) is 17.6. The monoisotopic (exact) mass is 490 g/mol. The molecule has 0 aromatic heterocycles. The molecule has 1 saturated carbocycles. The van der Waals surface area contributed by atoms with Crippen LogP contribution in [0.3, 0.4) is 0 Å². The van der Waals surface area contributed by atoms with Crippen molar-refractivity contribution in [3.63, 3.8) is 0 Å². The second-order valence-electron chi connectivity index (χ2n) is 8.17. The summed E-state index contributed by atoms with van der Waals surface area (Å²) in [6.07, 6.45) is 5.31. The molecule has 7 heteroatoms. The molecule has 1 aliphatic carbocycles. The van der Waals surface area contributed by atoms with Crippen LogP contribution < -0.4 is 0 Å². The van der Waals surface area contributed by atoms with Crippen molar-refractivity contribution in [1.29, 1.82) is 0 Å². The Balaban J connectivity index is 1.43. The number of hydrogen-bond acceptors (Lipinski definition) is 3. The van der Waals surface area contributed by atoms with Crippen LogP contribution in [0.15, 0.2) is 57.9 Å². The molecule has 1 aliphatic heterocycles. The minimum Gasteiger partial charge on any atom is -0.335 e. The zero-order valence-electron chi connectivity index (χ0n) is 17.0. The standard InChI is InChI=1S/C23H27BrN2O3S/c24-20-6-4-5-19(15-20)17-26(21-9-10-21)23(27)16-18-7-11-22(12-8-18)30(28,29)25-13-2-1-3-14-25/h4-8,11-12,15,21H,1-3,9-10,13-14,16-17H2. The number of piperidine rings is 1. The minimum absolute atomic E-state index is 0.0871. The SMILES string of the molecule is O=C(Cc1ccc(S(=O)(=O)N2CCCCC2)cc1)N(Cc1cccc(Br)c1)C1CC1. The number of nitrogens with zero attached hydrogens (tertiary/aromatic N) is 2. The summed E-state index contributed by atoms with van der Waals surface area (Å²) < 4.78 is 28.2. The summed E-state index contributed by atoms with van der Waals surface area (Å²) in [5.74, 6) is 0.0871. The summed E-state index contributed by atoms with van der Waals surface area (Å²) in [4.78, 5) is 15.3. The van der Waals surface area contributed by atoms with E-state index in [1.165, 1.54) is 0 Å². The molecular weight excluding hydrogens is 464 g/mol. The van der Waals surface area contributed by atoms with Crippen molar-refractivity contribution >= 4 is 31.9 Å². The van der Waals surface area contributed by atoms with Gasteiger partial charge in [0.25, 0.3) is 0 Å². The molecule has 0 spiro atoms. The van der Waals surface area contributed by atoms with E-state index in [0.717, 1.165) is 47.7 Å². The Bertz CT molecular complexity index is 997. The van der Waals surface area contributed by atoms with Crippen LogP contribution in [0.4, 0.5) is 0 Å². The van der Waals surface area contributed by atoms with Crippen LogP contribution in [0.25, 0.3) is 0 Å². The van der Waals surface area contributed by atoms with Gasteiger partial charge < -0.3 is 4.90 Å². The molecule has 30 heavy (non-hydrogen) atoms. The molecule has 160 valence electrons. The van der Waals surface area contributed by atoms with Crippen LogP contribution in [0, 0.1) is 0 Å². The van der Waals surface area contributed by atoms with Crippen molar-refractivity contribution in [2.45, 2.75) is 56.0 Å². The van der Waals surface area contributed by atoms with Gasteiger partial charge in [-0.25, -0.2) is 8.42 Å². The van der Waals surface area contributed by atoms with Gasteiger partial charge in [0, 0.05) is 30.1 Å². The van der Waals surface area contributed by atoms with Gasteiger partial charge in [-0.1, -0.05) is 46.6 Å². The van der Waals surface area contributed by atoms with Crippen LogP contribution in [0.2, 0.25) is 0 Å². The number of halogens is 1. The molecule has 2 aliphatic rings. The average molecular weight is 491 g/mol. The third-order valence-electron chi connectivity index (χ3n) is 5.78. The molecule has 2 aromatic rings. The molecule has 0 unspecified atom stereocenters. The van der Waals surface area contributed by atoms with E-state index in [0.29, 0.717) is 30.6 Å². The van der Waals surface area contributed by atoms with Gasteiger partial charge in [0.1, 0.15) is 0 Å². The van der Waals surface area contributed by atoms with Crippen molar-refractivity contribution in [3.8, 4) is 0 Å². The Morgan fingerprint density at radius 3 is 2.33 bits per heavy atom. The predicted octanol–water partition coefficient (Wildman–Crippen LogP) is 4.36. The van der Waals surface area contributed by atoms with Gasteiger partial charge in [0.05, 0.1) is 11.3 Å². The summed E-state index contributed by atoms with van der Waals surface area (Å²) in [6.45, 7) is 1.79. The van der Waals surface area contributed by atoms with E-state index in [1.807, 2.05) is 29.2 Å². The average Bonchev–Trinajstić information content (AvgIpc) is 3.58. The lowest BCUT2D eigenvalue weighted by Crippen LogP contribution is -2.35. The van der Waals surface area contributed by atoms with Crippen molar-refractivity contribution in [3.05, 3.63) is 64.1 Å². The highest BCUT2D eigenvalue weighted by atomic mass is 79.9. The van der Waals surface area contributed by atoms with Crippen molar-refractivity contribution in [1.82, 2.24) is 9.21 Å². The fraction of sp³-hybridized carbons (Fsp3) is 0.435. The number of carbonyl (C=O) groups excluding carboxylic acids is 1. The third-order valence-corrected chi connectivity index (χ3v) is 8.19. The van der Waals surface area contributed by atoms with Crippen molar-refractivity contribution < 1.29 is 13.2 Å². The molecule has 0 N–H and O–H groups in total. The van der Waals surface area contributed by atoms with Crippen LogP contribution in [-0.2, 0) is 27.8 Å². The maximum Gasteiger partial charge on any atom is 0.243 e. The van der Waals surface area contributed by atoms with Crippen molar-refractivity contribution in [2.24, 2.45) is 0 Å². The van der Waals surface area contributed by atoms with Crippen LogP contribution in [0.1, 0.15) is 43.2 Å². The molecule has 2 aromatic carbocycles. The van der Waals surface area contributed by atoms with Crippen LogP contribution in [0.5, 0.6) is 0 Å². The van der Waals surface area contributed by atoms with Gasteiger partial charge in [-0.3, -0.25) is 4.79 Å². The molecule has 1 amide bonds. The van der Waals surface area contributed by atoms with Gasteiger partial charge in [-0.15, -0.1) is 0 Å². The summed E-state index contributed by atoms with van der Waals surface area (Å²) in [7, 11) is -3.44. The number of amides is 1. The Morgan fingerprint density at radius 2 is 1.70 bits per heavy atom. The molecule has 0 radical (unpaired) electrons. The second kappa shape index (κ2) is 9.20. The fourth-order valence-electron chi connectivity index (χ4n) is 3.95. The first kappa shape index (κ1) is 21.5. The zero-order valence-corrected chi connectivity index (χ0v) is 19.4. The number of sulfonamides is 1. The number of benzene rings is 2. The quantitative estimate of drug-likeness (QED) is 0.579. The van der Waals surface area contributed by atoms with Gasteiger partial charge in [0.15, 0.2) is 0 Å². The summed E-state index contributed by atoms with van der Waals surface area (Å²) in [5, 5.41) is 0. The minimum atomic E-state index is -3.44. The van der Waals surface area contributed by atoms with Crippen LogP contribution >= 0.6 is 15.9 Å². The lowest BCUT2D eigenvalue weighted by atomic mass is 10.1. The Hall–Kier alpha value is -1.70. The molecule has 1 saturated heterocycles. The predicted molar refractivity (Wildman–Crippen MR) is 120 cm³/mol. The Morgan fingerprint density at radius 1 is 1.00 bits per heavy atom. The van der Waals surface area contributed by atoms with E-state index in [-0.39, 0.29) is 12.3 Å². The zero-order chi connectivity index (χ0) is 21.1. The van der Waals surface area contributed by atoms with E-state index in [1.54, 1.807) is 28.6 Å². The molecule has 0 bridgehead atoms. The molecular formula is C23H27BrN2O3S. The first-order valence-electron chi connectivity index (χ1n) is 10.6. The lowest BCUT2D eigenvalue weighted by molar-refractivity contribution is -0.131. The summed E-state index contributed by atoms with van der Waals surface area (Å²) >= 11 is 3.49. The topological polar surface area (TPSA) is 57.7 Å². The van der Waals surface area contributed by atoms with Gasteiger partial charge in [0.2, 0.25) is 15.9 Å².